The van der Waals surface area contributed by atoms with E-state index in [2.05, 4.69) is 37.7 Å². The molecule has 0 radical (unpaired) electrons. The predicted octanol–water partition coefficient (Wildman–Crippen LogP) is 2.91. The van der Waals surface area contributed by atoms with Crippen LogP contribution in [0.2, 0.25) is 0 Å². The molecule has 24 heavy (non-hydrogen) atoms. The Morgan fingerprint density at radius 2 is 2.29 bits per heavy atom. The van der Waals surface area contributed by atoms with E-state index in [1.54, 1.807) is 0 Å². The quantitative estimate of drug-likeness (QED) is 0.921. The molecule has 5 nitrogen and oxygen atoms in total. The molecular weight excluding hydrogens is 327 g/mol. The number of ether oxygens (including phenoxy) is 1. The van der Waals surface area contributed by atoms with Crippen molar-refractivity contribution >= 4 is 17.3 Å². The van der Waals surface area contributed by atoms with Crippen molar-refractivity contribution in [3.63, 3.8) is 0 Å². The summed E-state index contributed by atoms with van der Waals surface area (Å²) in [6.45, 7) is 3.74. The summed E-state index contributed by atoms with van der Waals surface area (Å²) in [5.74, 6) is 0.0458. The zero-order valence-electron chi connectivity index (χ0n) is 13.4. The van der Waals surface area contributed by atoms with Crippen LogP contribution in [0.4, 0.5) is 10.3 Å². The molecule has 2 aliphatic rings. The molecule has 0 unspecified atom stereocenters. The van der Waals surface area contributed by atoms with E-state index < -0.39 is 5.82 Å². The van der Waals surface area contributed by atoms with Crippen LogP contribution in [0.1, 0.15) is 24.1 Å². The third kappa shape index (κ3) is 3.58. The first kappa shape index (κ1) is 15.9. The summed E-state index contributed by atoms with van der Waals surface area (Å²) in [6, 6.07) is 4.48. The average Bonchev–Trinajstić information content (AvgIpc) is 3.21. The van der Waals surface area contributed by atoms with Crippen molar-refractivity contribution in [2.45, 2.75) is 37.5 Å². The van der Waals surface area contributed by atoms with Crippen LogP contribution in [-0.2, 0) is 11.3 Å². The highest BCUT2D eigenvalue weighted by Crippen LogP contribution is 2.36. The van der Waals surface area contributed by atoms with Crippen LogP contribution >= 0.6 is 11.3 Å². The second kappa shape index (κ2) is 6.74. The maximum atomic E-state index is 12.9. The highest BCUT2D eigenvalue weighted by atomic mass is 32.1. The predicted molar refractivity (Wildman–Crippen MR) is 91.5 cm³/mol. The van der Waals surface area contributed by atoms with Crippen LogP contribution in [0.5, 0.6) is 0 Å². The standard InChI is InChI=1S/C17H21FN4OS/c18-13-8-19-16(20-9-13)21-14-7-17(23-11-14)4-2-5-22(12-17)10-15-3-1-6-24-15/h1,3,6,8-9,14H,2,4-5,7,10-12H2,(H,19,20,21)/t14-,17-/m0/s1. The highest BCUT2D eigenvalue weighted by Gasteiger charge is 2.43. The first-order valence-corrected chi connectivity index (χ1v) is 9.22. The number of anilines is 1. The summed E-state index contributed by atoms with van der Waals surface area (Å²) in [5.41, 5.74) is -0.0762. The molecule has 4 rings (SSSR count). The molecule has 0 saturated carbocycles. The van der Waals surface area contributed by atoms with Gasteiger partial charge < -0.3 is 10.1 Å². The molecule has 2 saturated heterocycles. The minimum atomic E-state index is -0.420. The molecule has 7 heteroatoms. The van der Waals surface area contributed by atoms with Gasteiger partial charge in [0.25, 0.3) is 0 Å². The van der Waals surface area contributed by atoms with Gasteiger partial charge in [-0.1, -0.05) is 6.07 Å². The number of nitrogens with one attached hydrogen (secondary N) is 1. The Balaban J connectivity index is 1.36. The third-order valence-corrected chi connectivity index (χ3v) is 5.60. The van der Waals surface area contributed by atoms with Gasteiger partial charge in [-0.15, -0.1) is 11.3 Å². The number of hydrogen-bond acceptors (Lipinski definition) is 6. The molecule has 1 spiro atoms. The number of nitrogens with zero attached hydrogens (tertiary/aromatic N) is 3. The molecule has 1 N–H and O–H groups in total. The van der Waals surface area contributed by atoms with E-state index in [4.69, 9.17) is 4.74 Å². The van der Waals surface area contributed by atoms with Gasteiger partial charge in [-0.3, -0.25) is 4.90 Å². The van der Waals surface area contributed by atoms with Gasteiger partial charge in [0.2, 0.25) is 5.95 Å². The second-order valence-electron chi connectivity index (χ2n) is 6.66. The van der Waals surface area contributed by atoms with Crippen molar-refractivity contribution < 1.29 is 9.13 Å². The zero-order chi connectivity index (χ0) is 16.4. The lowest BCUT2D eigenvalue weighted by Gasteiger charge is -2.39. The van der Waals surface area contributed by atoms with Gasteiger partial charge in [-0.25, -0.2) is 14.4 Å². The summed E-state index contributed by atoms with van der Waals surface area (Å²) in [7, 11) is 0. The number of piperidine rings is 1. The fraction of sp³-hybridized carbons (Fsp3) is 0.529. The van der Waals surface area contributed by atoms with E-state index in [0.29, 0.717) is 12.6 Å². The van der Waals surface area contributed by atoms with Crippen LogP contribution in [0.3, 0.4) is 0 Å². The lowest BCUT2D eigenvalue weighted by Crippen LogP contribution is -2.47. The van der Waals surface area contributed by atoms with E-state index in [-0.39, 0.29) is 11.6 Å². The van der Waals surface area contributed by atoms with Crippen LogP contribution < -0.4 is 5.32 Å². The molecule has 0 aromatic carbocycles. The van der Waals surface area contributed by atoms with Gasteiger partial charge in [0.1, 0.15) is 0 Å². The number of thiophene rings is 1. The minimum absolute atomic E-state index is 0.0762. The summed E-state index contributed by atoms with van der Waals surface area (Å²) >= 11 is 1.81. The first-order chi connectivity index (χ1) is 11.7. The van der Waals surface area contributed by atoms with E-state index in [1.807, 2.05) is 11.3 Å². The van der Waals surface area contributed by atoms with Gasteiger partial charge in [0.15, 0.2) is 5.82 Å². The fourth-order valence-electron chi connectivity index (χ4n) is 3.74. The molecule has 2 fully saturated rings. The fourth-order valence-corrected chi connectivity index (χ4v) is 4.49. The normalized spacial score (nSPS) is 27.6. The lowest BCUT2D eigenvalue weighted by molar-refractivity contribution is -0.0531. The van der Waals surface area contributed by atoms with Crippen LogP contribution in [0.25, 0.3) is 0 Å². The van der Waals surface area contributed by atoms with E-state index >= 15 is 0 Å². The summed E-state index contributed by atoms with van der Waals surface area (Å²) < 4.78 is 19.1. The number of hydrogen-bond donors (Lipinski definition) is 1. The van der Waals surface area contributed by atoms with Gasteiger partial charge in [0, 0.05) is 24.4 Å². The van der Waals surface area contributed by atoms with Crippen molar-refractivity contribution in [3.05, 3.63) is 40.6 Å². The SMILES string of the molecule is Fc1cnc(N[C@@H]2CO[C@@]3(CCCN(Cc4cccs4)C3)C2)nc1. The molecule has 2 atom stereocenters. The molecule has 2 aromatic heterocycles. The number of rotatable bonds is 4. The zero-order valence-corrected chi connectivity index (χ0v) is 14.3. The third-order valence-electron chi connectivity index (χ3n) is 4.74. The summed E-state index contributed by atoms with van der Waals surface area (Å²) in [4.78, 5) is 11.9. The molecule has 0 bridgehead atoms. The highest BCUT2D eigenvalue weighted by molar-refractivity contribution is 7.09. The Kier molecular flexibility index (Phi) is 4.47. The van der Waals surface area contributed by atoms with Crippen molar-refractivity contribution in [2.75, 3.05) is 25.0 Å². The van der Waals surface area contributed by atoms with Gasteiger partial charge >= 0.3 is 0 Å². The first-order valence-electron chi connectivity index (χ1n) is 8.34. The molecule has 128 valence electrons. The van der Waals surface area contributed by atoms with Crippen molar-refractivity contribution in [1.29, 1.82) is 0 Å². The second-order valence-corrected chi connectivity index (χ2v) is 7.69. The molecule has 0 aliphatic carbocycles. The van der Waals surface area contributed by atoms with Crippen molar-refractivity contribution in [2.24, 2.45) is 0 Å². The van der Waals surface area contributed by atoms with Gasteiger partial charge in [-0.2, -0.15) is 0 Å². The van der Waals surface area contributed by atoms with Crippen molar-refractivity contribution in [3.8, 4) is 0 Å². The van der Waals surface area contributed by atoms with Crippen LogP contribution in [0, 0.1) is 5.82 Å². The number of aromatic nitrogens is 2. The molecule has 2 aromatic rings. The monoisotopic (exact) mass is 348 g/mol. The number of halogens is 1. The minimum Gasteiger partial charge on any atom is -0.371 e. The maximum absolute atomic E-state index is 12.9. The van der Waals surface area contributed by atoms with Crippen LogP contribution in [-0.4, -0.2) is 46.2 Å². The summed E-state index contributed by atoms with van der Waals surface area (Å²) in [6.07, 6.45) is 5.56. The topological polar surface area (TPSA) is 50.3 Å². The molecule has 4 heterocycles. The van der Waals surface area contributed by atoms with Crippen LogP contribution in [0.15, 0.2) is 29.9 Å². The van der Waals surface area contributed by atoms with E-state index in [1.165, 1.54) is 17.3 Å². The van der Waals surface area contributed by atoms with E-state index in [0.717, 1.165) is 38.9 Å². The smallest absolute Gasteiger partial charge is 0.223 e. The molecule has 2 aliphatic heterocycles. The average molecular weight is 348 g/mol. The Bertz CT molecular complexity index is 666. The van der Waals surface area contributed by atoms with Crippen molar-refractivity contribution in [1.82, 2.24) is 14.9 Å². The number of likely N-dealkylation sites (tertiary alicyclic amines) is 1. The Labute approximate surface area is 144 Å². The summed E-state index contributed by atoms with van der Waals surface area (Å²) in [5, 5.41) is 5.40. The Hall–Kier alpha value is -1.57. The molecule has 0 amide bonds. The lowest BCUT2D eigenvalue weighted by atomic mass is 9.88. The van der Waals surface area contributed by atoms with Gasteiger partial charge in [0.05, 0.1) is 30.6 Å². The molecular formula is C17H21FN4OS. The van der Waals surface area contributed by atoms with Gasteiger partial charge in [-0.05, 0) is 30.8 Å². The Morgan fingerprint density at radius 3 is 3.08 bits per heavy atom. The Morgan fingerprint density at radius 1 is 1.42 bits per heavy atom. The largest absolute Gasteiger partial charge is 0.371 e. The maximum Gasteiger partial charge on any atom is 0.223 e. The van der Waals surface area contributed by atoms with E-state index in [9.17, 15) is 4.39 Å².